The molecule has 0 atom stereocenters. The number of ether oxygens (including phenoxy) is 1. The standard InChI is InChI=1S/C10H15NO3S/c1-3-7-15(12,13)11-9-5-4-6-10(8-9)14-2/h4-6,8,11H,3,7H2,1-2H3. The van der Waals surface area contributed by atoms with E-state index in [1.54, 1.807) is 31.4 Å². The summed E-state index contributed by atoms with van der Waals surface area (Å²) in [6.07, 6.45) is 0.597. The van der Waals surface area contributed by atoms with Gasteiger partial charge in [-0.05, 0) is 18.6 Å². The first-order valence-corrected chi connectivity index (χ1v) is 6.37. The van der Waals surface area contributed by atoms with Gasteiger partial charge in [0.15, 0.2) is 0 Å². The highest BCUT2D eigenvalue weighted by Gasteiger charge is 2.08. The molecule has 84 valence electrons. The van der Waals surface area contributed by atoms with Crippen LogP contribution in [0.5, 0.6) is 5.75 Å². The molecule has 1 aromatic rings. The van der Waals surface area contributed by atoms with Gasteiger partial charge in [0, 0.05) is 6.07 Å². The Balaban J connectivity index is 2.80. The van der Waals surface area contributed by atoms with Crippen molar-refractivity contribution >= 4 is 15.7 Å². The van der Waals surface area contributed by atoms with Gasteiger partial charge in [0.2, 0.25) is 10.0 Å². The molecule has 0 spiro atoms. The molecule has 1 aromatic carbocycles. The fraction of sp³-hybridized carbons (Fsp3) is 0.400. The minimum atomic E-state index is -3.22. The van der Waals surface area contributed by atoms with Gasteiger partial charge < -0.3 is 4.74 Å². The largest absolute Gasteiger partial charge is 0.497 e. The lowest BCUT2D eigenvalue weighted by Gasteiger charge is -2.07. The molecule has 0 aliphatic rings. The van der Waals surface area contributed by atoms with Crippen molar-refractivity contribution in [3.8, 4) is 5.75 Å². The Labute approximate surface area is 90.3 Å². The van der Waals surface area contributed by atoms with E-state index in [2.05, 4.69) is 4.72 Å². The lowest BCUT2D eigenvalue weighted by Crippen LogP contribution is -2.15. The van der Waals surface area contributed by atoms with E-state index in [0.29, 0.717) is 17.9 Å². The lowest BCUT2D eigenvalue weighted by molar-refractivity contribution is 0.415. The van der Waals surface area contributed by atoms with E-state index in [-0.39, 0.29) is 5.75 Å². The van der Waals surface area contributed by atoms with Gasteiger partial charge in [-0.1, -0.05) is 13.0 Å². The third-order valence-corrected chi connectivity index (χ3v) is 3.31. The number of hydrogen-bond donors (Lipinski definition) is 1. The van der Waals surface area contributed by atoms with Gasteiger partial charge in [0.05, 0.1) is 18.6 Å². The van der Waals surface area contributed by atoms with Gasteiger partial charge in [-0.3, -0.25) is 4.72 Å². The van der Waals surface area contributed by atoms with Crippen molar-refractivity contribution in [2.75, 3.05) is 17.6 Å². The Morgan fingerprint density at radius 2 is 2.13 bits per heavy atom. The molecule has 0 unspecified atom stereocenters. The molecule has 0 heterocycles. The Hall–Kier alpha value is -1.23. The minimum absolute atomic E-state index is 0.129. The number of benzene rings is 1. The van der Waals surface area contributed by atoms with Crippen molar-refractivity contribution in [2.45, 2.75) is 13.3 Å². The van der Waals surface area contributed by atoms with Crippen molar-refractivity contribution in [3.05, 3.63) is 24.3 Å². The SMILES string of the molecule is CCCS(=O)(=O)Nc1cccc(OC)c1. The molecule has 0 aliphatic carbocycles. The minimum Gasteiger partial charge on any atom is -0.497 e. The third kappa shape index (κ3) is 3.79. The number of anilines is 1. The number of hydrogen-bond acceptors (Lipinski definition) is 3. The van der Waals surface area contributed by atoms with E-state index in [1.165, 1.54) is 0 Å². The first kappa shape index (κ1) is 11.8. The second-order valence-corrected chi connectivity index (χ2v) is 4.99. The van der Waals surface area contributed by atoms with Crippen LogP contribution in [0.3, 0.4) is 0 Å². The van der Waals surface area contributed by atoms with E-state index in [9.17, 15) is 8.42 Å². The van der Waals surface area contributed by atoms with E-state index >= 15 is 0 Å². The van der Waals surface area contributed by atoms with E-state index in [4.69, 9.17) is 4.74 Å². The molecule has 0 aliphatic heterocycles. The van der Waals surface area contributed by atoms with Crippen molar-refractivity contribution < 1.29 is 13.2 Å². The maximum absolute atomic E-state index is 11.4. The first-order chi connectivity index (χ1) is 7.07. The summed E-state index contributed by atoms with van der Waals surface area (Å²) in [6.45, 7) is 1.82. The molecule has 0 radical (unpaired) electrons. The van der Waals surface area contributed by atoms with Crippen molar-refractivity contribution in [2.24, 2.45) is 0 Å². The molecule has 15 heavy (non-hydrogen) atoms. The summed E-state index contributed by atoms with van der Waals surface area (Å²) in [4.78, 5) is 0. The molecule has 0 bridgehead atoms. The fourth-order valence-corrected chi connectivity index (χ4v) is 2.31. The highest BCUT2D eigenvalue weighted by molar-refractivity contribution is 7.92. The van der Waals surface area contributed by atoms with Gasteiger partial charge in [-0.25, -0.2) is 8.42 Å². The monoisotopic (exact) mass is 229 g/mol. The Kier molecular flexibility index (Phi) is 3.96. The average molecular weight is 229 g/mol. The summed E-state index contributed by atoms with van der Waals surface area (Å²) in [7, 11) is -1.67. The van der Waals surface area contributed by atoms with E-state index in [1.807, 2.05) is 6.92 Å². The molecule has 0 aromatic heterocycles. The van der Waals surface area contributed by atoms with Gasteiger partial charge >= 0.3 is 0 Å². The van der Waals surface area contributed by atoms with Crippen LogP contribution in [-0.4, -0.2) is 21.3 Å². The Bertz CT molecular complexity index is 414. The molecule has 0 fully saturated rings. The second kappa shape index (κ2) is 5.02. The molecule has 4 nitrogen and oxygen atoms in total. The summed E-state index contributed by atoms with van der Waals surface area (Å²) in [5.41, 5.74) is 0.530. The van der Waals surface area contributed by atoms with Crippen LogP contribution < -0.4 is 9.46 Å². The van der Waals surface area contributed by atoms with Gasteiger partial charge in [0.1, 0.15) is 5.75 Å². The molecule has 0 amide bonds. The van der Waals surface area contributed by atoms with Crippen molar-refractivity contribution in [1.82, 2.24) is 0 Å². The van der Waals surface area contributed by atoms with Crippen LogP contribution in [0.4, 0.5) is 5.69 Å². The van der Waals surface area contributed by atoms with Crippen LogP contribution in [0, 0.1) is 0 Å². The van der Waals surface area contributed by atoms with Crippen molar-refractivity contribution in [3.63, 3.8) is 0 Å². The zero-order valence-electron chi connectivity index (χ0n) is 8.86. The molecule has 5 heteroatoms. The first-order valence-electron chi connectivity index (χ1n) is 4.72. The van der Waals surface area contributed by atoms with Crippen LogP contribution in [0.2, 0.25) is 0 Å². The predicted molar refractivity (Wildman–Crippen MR) is 60.7 cm³/mol. The smallest absolute Gasteiger partial charge is 0.232 e. The third-order valence-electron chi connectivity index (χ3n) is 1.82. The fourth-order valence-electron chi connectivity index (χ4n) is 1.19. The van der Waals surface area contributed by atoms with Crippen LogP contribution in [0.1, 0.15) is 13.3 Å². The summed E-state index contributed by atoms with van der Waals surface area (Å²) in [5, 5.41) is 0. The van der Waals surface area contributed by atoms with Crippen LogP contribution in [0.15, 0.2) is 24.3 Å². The average Bonchev–Trinajstić information content (AvgIpc) is 2.17. The summed E-state index contributed by atoms with van der Waals surface area (Å²) < 4.78 is 30.4. The molecular formula is C10H15NO3S. The van der Waals surface area contributed by atoms with Crippen LogP contribution >= 0.6 is 0 Å². The molecular weight excluding hydrogens is 214 g/mol. The summed E-state index contributed by atoms with van der Waals surface area (Å²) in [5.74, 6) is 0.760. The number of methoxy groups -OCH3 is 1. The maximum Gasteiger partial charge on any atom is 0.232 e. The number of rotatable bonds is 5. The van der Waals surface area contributed by atoms with Gasteiger partial charge in [-0.2, -0.15) is 0 Å². The van der Waals surface area contributed by atoms with Gasteiger partial charge in [-0.15, -0.1) is 0 Å². The molecule has 0 saturated carbocycles. The van der Waals surface area contributed by atoms with Crippen molar-refractivity contribution in [1.29, 1.82) is 0 Å². The second-order valence-electron chi connectivity index (χ2n) is 3.15. The lowest BCUT2D eigenvalue weighted by atomic mass is 10.3. The Morgan fingerprint density at radius 3 is 2.73 bits per heavy atom. The zero-order valence-corrected chi connectivity index (χ0v) is 9.67. The highest BCUT2D eigenvalue weighted by Crippen LogP contribution is 2.17. The van der Waals surface area contributed by atoms with Crippen LogP contribution in [0.25, 0.3) is 0 Å². The normalized spacial score (nSPS) is 11.1. The quantitative estimate of drug-likeness (QED) is 0.838. The van der Waals surface area contributed by atoms with Crippen LogP contribution in [-0.2, 0) is 10.0 Å². The molecule has 0 saturated heterocycles. The number of sulfonamides is 1. The number of nitrogens with one attached hydrogen (secondary N) is 1. The molecule has 1 rings (SSSR count). The Morgan fingerprint density at radius 1 is 1.40 bits per heavy atom. The van der Waals surface area contributed by atoms with E-state index in [0.717, 1.165) is 0 Å². The highest BCUT2D eigenvalue weighted by atomic mass is 32.2. The predicted octanol–water partition coefficient (Wildman–Crippen LogP) is 1.85. The zero-order chi connectivity index (χ0) is 11.3. The topological polar surface area (TPSA) is 55.4 Å². The maximum atomic E-state index is 11.4. The van der Waals surface area contributed by atoms with E-state index < -0.39 is 10.0 Å². The summed E-state index contributed by atoms with van der Waals surface area (Å²) >= 11 is 0. The molecule has 1 N–H and O–H groups in total. The summed E-state index contributed by atoms with van der Waals surface area (Å²) in [6, 6.07) is 6.84. The van der Waals surface area contributed by atoms with Gasteiger partial charge in [0.25, 0.3) is 0 Å².